The smallest absolute Gasteiger partial charge is 0.373 e. The fourth-order valence-corrected chi connectivity index (χ4v) is 10.8. The van der Waals surface area contributed by atoms with Crippen LogP contribution in [0.25, 0.3) is 0 Å². The maximum Gasteiger partial charge on any atom is 0.373 e. The van der Waals surface area contributed by atoms with Crippen molar-refractivity contribution in [3.8, 4) is 0 Å². The summed E-state index contributed by atoms with van der Waals surface area (Å²) in [5.74, 6) is 0. The molecule has 0 amide bonds. The van der Waals surface area contributed by atoms with E-state index >= 15 is 0 Å². The van der Waals surface area contributed by atoms with Gasteiger partial charge in [0.25, 0.3) is 0 Å². The molecular formula is C46H57FN2O11S2. The number of rotatable bonds is 14. The van der Waals surface area contributed by atoms with Crippen molar-refractivity contribution in [1.82, 2.24) is 8.61 Å². The Morgan fingerprint density at radius 1 is 0.597 bits per heavy atom. The van der Waals surface area contributed by atoms with E-state index in [9.17, 15) is 26.3 Å². The molecule has 2 aliphatic heterocycles. The van der Waals surface area contributed by atoms with Crippen LogP contribution in [0.15, 0.2) is 107 Å². The quantitative estimate of drug-likeness (QED) is 0.148. The van der Waals surface area contributed by atoms with Crippen LogP contribution in [0.4, 0.5) is 4.39 Å². The fourth-order valence-electron chi connectivity index (χ4n) is 7.19. The first-order valence-electron chi connectivity index (χ1n) is 20.5. The molecule has 0 aliphatic carbocycles. The van der Waals surface area contributed by atoms with Crippen molar-refractivity contribution in [3.05, 3.63) is 130 Å². The summed E-state index contributed by atoms with van der Waals surface area (Å²) in [6.07, 6.45) is 5.64. The third-order valence-corrected chi connectivity index (χ3v) is 14.3. The van der Waals surface area contributed by atoms with Gasteiger partial charge >= 0.3 is 12.3 Å². The summed E-state index contributed by atoms with van der Waals surface area (Å²) in [7, 11) is -7.22. The molecule has 4 aromatic carbocycles. The van der Waals surface area contributed by atoms with Crippen LogP contribution < -0.4 is 0 Å². The summed E-state index contributed by atoms with van der Waals surface area (Å²) in [5, 5.41) is 9.30. The van der Waals surface area contributed by atoms with E-state index in [2.05, 4.69) is 0 Å². The van der Waals surface area contributed by atoms with Gasteiger partial charge < -0.3 is 14.6 Å². The van der Waals surface area contributed by atoms with Crippen LogP contribution >= 0.6 is 0 Å². The molecule has 2 unspecified atom stereocenters. The lowest BCUT2D eigenvalue weighted by molar-refractivity contribution is -0.193. The first-order chi connectivity index (χ1) is 29.8. The van der Waals surface area contributed by atoms with Crippen molar-refractivity contribution < 1.29 is 55.0 Å². The number of hydrogen-bond acceptors (Lipinski definition) is 11. The average molecular weight is 897 g/mol. The van der Waals surface area contributed by atoms with Gasteiger partial charge in [0.1, 0.15) is 0 Å². The number of carbonyl (C=O) groups excluding carboxylic acids is 4. The second kappa shape index (κ2) is 27.4. The average Bonchev–Trinajstić information content (AvgIpc) is 3.67. The molecule has 0 bridgehead atoms. The highest BCUT2D eigenvalue weighted by molar-refractivity contribution is 7.89. The van der Waals surface area contributed by atoms with Crippen molar-refractivity contribution in [2.75, 3.05) is 39.5 Å². The minimum absolute atomic E-state index is 0.0447. The number of sulfonamides is 2. The second-order valence-corrected chi connectivity index (χ2v) is 18.6. The Morgan fingerprint density at radius 2 is 0.984 bits per heavy atom. The molecule has 0 spiro atoms. The largest absolute Gasteiger partial charge is 0.396 e. The summed E-state index contributed by atoms with van der Waals surface area (Å²) in [6.45, 7) is 6.04. The molecule has 2 saturated heterocycles. The van der Waals surface area contributed by atoms with Gasteiger partial charge in [-0.05, 0) is 104 Å². The predicted molar refractivity (Wildman–Crippen MR) is 228 cm³/mol. The van der Waals surface area contributed by atoms with E-state index in [1.165, 1.54) is 4.31 Å². The maximum atomic E-state index is 13.3. The zero-order chi connectivity index (χ0) is 45.4. The number of benzene rings is 4. The highest BCUT2D eigenvalue weighted by Crippen LogP contribution is 2.28. The Hall–Kier alpha value is -4.73. The lowest BCUT2D eigenvalue weighted by atomic mass is 10.1. The molecule has 0 aromatic heterocycles. The number of aliphatic hydroxyl groups excluding tert-OH is 1. The van der Waals surface area contributed by atoms with Crippen LogP contribution in [-0.2, 0) is 74.8 Å². The molecule has 2 atom stereocenters. The van der Waals surface area contributed by atoms with Crippen LogP contribution in [0, 0.1) is 13.8 Å². The summed E-state index contributed by atoms with van der Waals surface area (Å²) in [5.41, 5.74) is 5.24. The standard InChI is InChI=1S/C22H28FNO3S.C22H29NO4S.2CO2/c1-18-9-10-20(11-13-23)22(16-18)28(25,26)24-14-5-8-21(12-15-24)27-17-19-6-3-2-4-7-19;1-18-9-10-20(12-15-24)22(16-18)28(25,26)23-13-5-8-21(11-14-23)27-17-19-6-3-2-4-7-19;2*2-1-3/h2-4,6-7,9-10,16,21H,5,8,11-15,17H2,1H3;2-4,6-7,9-10,16,21,24H,5,8,11-15,17H2,1H3;;. The van der Waals surface area contributed by atoms with Gasteiger partial charge in [0.05, 0.1) is 41.9 Å². The highest BCUT2D eigenvalue weighted by Gasteiger charge is 2.31. The maximum absolute atomic E-state index is 13.3. The van der Waals surface area contributed by atoms with E-state index in [0.29, 0.717) is 74.7 Å². The second-order valence-electron chi connectivity index (χ2n) is 14.8. The molecule has 13 nitrogen and oxygen atoms in total. The van der Waals surface area contributed by atoms with Crippen molar-refractivity contribution in [2.24, 2.45) is 0 Å². The number of alkyl halides is 1. The Labute approximate surface area is 365 Å². The van der Waals surface area contributed by atoms with Gasteiger partial charge in [0.15, 0.2) is 0 Å². The number of hydrogen-bond donors (Lipinski definition) is 1. The molecule has 2 heterocycles. The van der Waals surface area contributed by atoms with Crippen molar-refractivity contribution in [2.45, 2.75) is 100 Å². The molecule has 62 heavy (non-hydrogen) atoms. The molecule has 2 fully saturated rings. The highest BCUT2D eigenvalue weighted by atomic mass is 32.2. The van der Waals surface area contributed by atoms with Gasteiger partial charge in [-0.3, -0.25) is 4.39 Å². The molecule has 4 aromatic rings. The van der Waals surface area contributed by atoms with E-state index in [-0.39, 0.29) is 42.4 Å². The first-order valence-corrected chi connectivity index (χ1v) is 23.4. The fraction of sp³-hybridized carbons (Fsp3) is 0.435. The van der Waals surface area contributed by atoms with Gasteiger partial charge in [-0.15, -0.1) is 0 Å². The summed E-state index contributed by atoms with van der Waals surface area (Å²) >= 11 is 0. The van der Waals surface area contributed by atoms with Crippen LogP contribution in [0.2, 0.25) is 0 Å². The minimum atomic E-state index is -3.64. The lowest BCUT2D eigenvalue weighted by Crippen LogP contribution is -2.33. The predicted octanol–water partition coefficient (Wildman–Crippen LogP) is 6.39. The Kier molecular flexibility index (Phi) is 22.8. The number of nitrogens with zero attached hydrogens (tertiary/aromatic N) is 2. The first kappa shape index (κ1) is 51.6. The van der Waals surface area contributed by atoms with Gasteiger partial charge in [-0.25, -0.2) is 16.8 Å². The normalized spacial score (nSPS) is 17.2. The molecular weight excluding hydrogens is 840 g/mol. The Morgan fingerprint density at radius 3 is 1.35 bits per heavy atom. The number of aryl methyl sites for hydroxylation is 3. The van der Waals surface area contributed by atoms with Crippen LogP contribution in [0.3, 0.4) is 0 Å². The number of ether oxygens (including phenoxy) is 2. The molecule has 336 valence electrons. The van der Waals surface area contributed by atoms with Gasteiger partial charge in [0.2, 0.25) is 20.0 Å². The molecule has 2 aliphatic rings. The van der Waals surface area contributed by atoms with Crippen molar-refractivity contribution in [1.29, 1.82) is 0 Å². The van der Waals surface area contributed by atoms with Crippen molar-refractivity contribution >= 4 is 32.3 Å². The molecule has 6 rings (SSSR count). The zero-order valence-corrected chi connectivity index (χ0v) is 37.0. The summed E-state index contributed by atoms with van der Waals surface area (Å²) < 4.78 is 81.1. The summed E-state index contributed by atoms with van der Waals surface area (Å²) in [4.78, 5) is 33.1. The topological polar surface area (TPSA) is 182 Å². The van der Waals surface area contributed by atoms with Gasteiger partial charge in [0, 0.05) is 39.2 Å². The van der Waals surface area contributed by atoms with E-state index in [1.807, 2.05) is 92.7 Å². The van der Waals surface area contributed by atoms with Crippen LogP contribution in [0.5, 0.6) is 0 Å². The Bertz CT molecular complexity index is 2070. The SMILES string of the molecule is Cc1ccc(CCF)c(S(=O)(=O)N2CCCC(OCc3ccccc3)CC2)c1.Cc1ccc(CCO)c(S(=O)(=O)N2CCCC(OCc3ccccc3)CC2)c1.O=C=O.O=C=O. The molecule has 0 radical (unpaired) electrons. The van der Waals surface area contributed by atoms with E-state index in [0.717, 1.165) is 47.9 Å². The van der Waals surface area contributed by atoms with Crippen LogP contribution in [-0.4, -0.2) is 94.5 Å². The molecule has 16 heteroatoms. The third kappa shape index (κ3) is 16.5. The monoisotopic (exact) mass is 896 g/mol. The zero-order valence-electron chi connectivity index (χ0n) is 35.3. The van der Waals surface area contributed by atoms with Gasteiger partial charge in [-0.2, -0.15) is 27.8 Å². The Balaban J connectivity index is 0.000000293. The van der Waals surface area contributed by atoms with E-state index in [1.54, 1.807) is 22.5 Å². The minimum Gasteiger partial charge on any atom is -0.396 e. The van der Waals surface area contributed by atoms with E-state index < -0.39 is 26.7 Å². The summed E-state index contributed by atoms with van der Waals surface area (Å²) in [6, 6.07) is 30.7. The third-order valence-electron chi connectivity index (χ3n) is 10.4. The van der Waals surface area contributed by atoms with Crippen LogP contribution in [0.1, 0.15) is 71.9 Å². The molecule has 0 saturated carbocycles. The number of aliphatic hydroxyl groups is 1. The van der Waals surface area contributed by atoms with E-state index in [4.69, 9.17) is 28.7 Å². The number of halogens is 1. The lowest BCUT2D eigenvalue weighted by Gasteiger charge is -2.22. The van der Waals surface area contributed by atoms with Crippen molar-refractivity contribution in [3.63, 3.8) is 0 Å². The molecule has 1 N–H and O–H groups in total. The van der Waals surface area contributed by atoms with Gasteiger partial charge in [-0.1, -0.05) is 84.9 Å².